The zero-order chi connectivity index (χ0) is 16.4. The Bertz CT molecular complexity index is 671. The fourth-order valence-electron chi connectivity index (χ4n) is 3.10. The summed E-state index contributed by atoms with van der Waals surface area (Å²) in [5.41, 5.74) is 5.82. The van der Waals surface area contributed by atoms with E-state index in [1.807, 2.05) is 0 Å². The van der Waals surface area contributed by atoms with Gasteiger partial charge in [-0.1, -0.05) is 6.42 Å². The summed E-state index contributed by atoms with van der Waals surface area (Å²) in [6.45, 7) is 2.49. The standard InChI is InChI=1S/C15H23N3O3S2.ClH/c16-12-6-9-17(11-12)14(19)10-13-4-5-15(22-13)23(20,21)18-7-2-1-3-8-18;/h4-5,12H,1-3,6-11,16H2;1H/t12-;/m1./s1. The van der Waals surface area contributed by atoms with Crippen molar-refractivity contribution in [3.05, 3.63) is 17.0 Å². The average molecular weight is 394 g/mol. The van der Waals surface area contributed by atoms with E-state index in [2.05, 4.69) is 0 Å². The molecule has 0 aromatic carbocycles. The highest BCUT2D eigenvalue weighted by Crippen LogP contribution is 2.27. The van der Waals surface area contributed by atoms with Crippen molar-refractivity contribution >= 4 is 39.7 Å². The molecule has 0 saturated carbocycles. The van der Waals surface area contributed by atoms with Crippen LogP contribution in [-0.4, -0.2) is 55.8 Å². The second-order valence-electron chi connectivity index (χ2n) is 6.25. The Morgan fingerprint density at radius 1 is 1.21 bits per heavy atom. The highest BCUT2D eigenvalue weighted by atomic mass is 35.5. The normalized spacial score (nSPS) is 22.4. The largest absolute Gasteiger partial charge is 0.341 e. The summed E-state index contributed by atoms with van der Waals surface area (Å²) in [5, 5.41) is 0. The SMILES string of the molecule is Cl.N[C@@H]1CCN(C(=O)Cc2ccc(S(=O)(=O)N3CCCCC3)s2)C1. The molecule has 24 heavy (non-hydrogen) atoms. The van der Waals surface area contributed by atoms with E-state index in [1.54, 1.807) is 21.3 Å². The highest BCUT2D eigenvalue weighted by Gasteiger charge is 2.28. The van der Waals surface area contributed by atoms with Gasteiger partial charge in [0.05, 0.1) is 6.42 Å². The van der Waals surface area contributed by atoms with Crippen molar-refractivity contribution in [2.24, 2.45) is 5.73 Å². The Morgan fingerprint density at radius 2 is 1.92 bits per heavy atom. The Hall–Kier alpha value is -0.670. The van der Waals surface area contributed by atoms with Crippen LogP contribution in [0.25, 0.3) is 0 Å². The van der Waals surface area contributed by atoms with Crippen LogP contribution < -0.4 is 5.73 Å². The first-order chi connectivity index (χ1) is 11.0. The second-order valence-corrected chi connectivity index (χ2v) is 9.58. The monoisotopic (exact) mass is 393 g/mol. The zero-order valence-electron chi connectivity index (χ0n) is 13.5. The van der Waals surface area contributed by atoms with Gasteiger partial charge in [-0.15, -0.1) is 23.7 Å². The van der Waals surface area contributed by atoms with Crippen molar-refractivity contribution in [2.75, 3.05) is 26.2 Å². The van der Waals surface area contributed by atoms with E-state index in [0.717, 1.165) is 30.6 Å². The first kappa shape index (κ1) is 19.7. The maximum absolute atomic E-state index is 12.6. The fourth-order valence-corrected chi connectivity index (χ4v) is 6.12. The molecule has 6 nitrogen and oxygen atoms in total. The van der Waals surface area contributed by atoms with Crippen LogP contribution in [0.3, 0.4) is 0 Å². The first-order valence-electron chi connectivity index (χ1n) is 8.09. The summed E-state index contributed by atoms with van der Waals surface area (Å²) in [4.78, 5) is 14.8. The predicted molar refractivity (Wildman–Crippen MR) is 97.1 cm³/mol. The molecule has 1 aromatic rings. The Labute approximate surface area is 153 Å². The van der Waals surface area contributed by atoms with Gasteiger partial charge in [-0.05, 0) is 31.4 Å². The Morgan fingerprint density at radius 3 is 2.54 bits per heavy atom. The van der Waals surface area contributed by atoms with E-state index in [-0.39, 0.29) is 30.8 Å². The van der Waals surface area contributed by atoms with E-state index in [9.17, 15) is 13.2 Å². The van der Waals surface area contributed by atoms with E-state index in [0.29, 0.717) is 30.4 Å². The fraction of sp³-hybridized carbons (Fsp3) is 0.667. The molecule has 9 heteroatoms. The predicted octanol–water partition coefficient (Wildman–Crippen LogP) is 1.45. The van der Waals surface area contributed by atoms with E-state index in [4.69, 9.17) is 5.73 Å². The maximum atomic E-state index is 12.6. The number of hydrogen-bond acceptors (Lipinski definition) is 5. The van der Waals surface area contributed by atoms with Crippen molar-refractivity contribution in [3.63, 3.8) is 0 Å². The number of nitrogens with two attached hydrogens (primary N) is 1. The lowest BCUT2D eigenvalue weighted by molar-refractivity contribution is -0.129. The second kappa shape index (κ2) is 8.14. The molecule has 1 aromatic heterocycles. The highest BCUT2D eigenvalue weighted by molar-refractivity contribution is 7.91. The Kier molecular flexibility index (Phi) is 6.66. The average Bonchev–Trinajstić information content (AvgIpc) is 3.17. The number of hydrogen-bond donors (Lipinski definition) is 1. The molecule has 2 N–H and O–H groups in total. The number of carbonyl (C=O) groups is 1. The van der Waals surface area contributed by atoms with Gasteiger partial charge in [0, 0.05) is 37.1 Å². The third-order valence-corrected chi connectivity index (χ3v) is 7.90. The topological polar surface area (TPSA) is 83.7 Å². The number of amides is 1. The molecular weight excluding hydrogens is 370 g/mol. The quantitative estimate of drug-likeness (QED) is 0.839. The molecular formula is C15H24ClN3O3S2. The minimum atomic E-state index is -3.40. The third-order valence-electron chi connectivity index (χ3n) is 4.45. The number of nitrogens with zero attached hydrogens (tertiary/aromatic N) is 2. The number of likely N-dealkylation sites (tertiary alicyclic amines) is 1. The summed E-state index contributed by atoms with van der Waals surface area (Å²) < 4.78 is 27.1. The summed E-state index contributed by atoms with van der Waals surface area (Å²) in [6, 6.07) is 3.46. The van der Waals surface area contributed by atoms with Gasteiger partial charge in [0.25, 0.3) is 10.0 Å². The number of piperidine rings is 1. The Balaban J connectivity index is 0.00000208. The van der Waals surface area contributed by atoms with Crippen LogP contribution in [0.4, 0.5) is 0 Å². The molecule has 1 atom stereocenters. The van der Waals surface area contributed by atoms with Gasteiger partial charge < -0.3 is 10.6 Å². The number of halogens is 1. The number of sulfonamides is 1. The van der Waals surface area contributed by atoms with Crippen molar-refractivity contribution in [3.8, 4) is 0 Å². The number of carbonyl (C=O) groups excluding carboxylic acids is 1. The van der Waals surface area contributed by atoms with Crippen molar-refractivity contribution in [2.45, 2.75) is 42.4 Å². The molecule has 2 fully saturated rings. The summed E-state index contributed by atoms with van der Waals surface area (Å²) in [5.74, 6) is 0.0294. The van der Waals surface area contributed by atoms with Gasteiger partial charge in [-0.2, -0.15) is 4.31 Å². The minimum absolute atomic E-state index is 0. The number of thiophene rings is 1. The minimum Gasteiger partial charge on any atom is -0.341 e. The van der Waals surface area contributed by atoms with Crippen LogP contribution in [0, 0.1) is 0 Å². The van der Waals surface area contributed by atoms with Gasteiger partial charge >= 0.3 is 0 Å². The van der Waals surface area contributed by atoms with Crippen LogP contribution in [0.5, 0.6) is 0 Å². The summed E-state index contributed by atoms with van der Waals surface area (Å²) in [6.07, 6.45) is 4.03. The molecule has 0 unspecified atom stereocenters. The van der Waals surface area contributed by atoms with Gasteiger partial charge in [0.15, 0.2) is 0 Å². The van der Waals surface area contributed by atoms with Gasteiger partial charge in [-0.25, -0.2) is 8.42 Å². The first-order valence-corrected chi connectivity index (χ1v) is 10.3. The smallest absolute Gasteiger partial charge is 0.252 e. The van der Waals surface area contributed by atoms with E-state index >= 15 is 0 Å². The van der Waals surface area contributed by atoms with Gasteiger partial charge in [0.2, 0.25) is 5.91 Å². The van der Waals surface area contributed by atoms with Crippen molar-refractivity contribution in [1.29, 1.82) is 0 Å². The van der Waals surface area contributed by atoms with Crippen LogP contribution in [-0.2, 0) is 21.2 Å². The van der Waals surface area contributed by atoms with Crippen LogP contribution in [0.2, 0.25) is 0 Å². The van der Waals surface area contributed by atoms with Crippen LogP contribution >= 0.6 is 23.7 Å². The molecule has 3 heterocycles. The molecule has 2 saturated heterocycles. The molecule has 0 radical (unpaired) electrons. The molecule has 0 bridgehead atoms. The zero-order valence-corrected chi connectivity index (χ0v) is 16.0. The molecule has 2 aliphatic heterocycles. The number of rotatable bonds is 4. The third kappa shape index (κ3) is 4.29. The molecule has 0 aliphatic carbocycles. The molecule has 1 amide bonds. The molecule has 136 valence electrons. The van der Waals surface area contributed by atoms with E-state index < -0.39 is 10.0 Å². The van der Waals surface area contributed by atoms with Crippen LogP contribution in [0.1, 0.15) is 30.6 Å². The summed E-state index contributed by atoms with van der Waals surface area (Å²) >= 11 is 1.21. The van der Waals surface area contributed by atoms with Gasteiger partial charge in [-0.3, -0.25) is 4.79 Å². The van der Waals surface area contributed by atoms with Gasteiger partial charge in [0.1, 0.15) is 4.21 Å². The van der Waals surface area contributed by atoms with E-state index in [1.165, 1.54) is 11.3 Å². The summed E-state index contributed by atoms with van der Waals surface area (Å²) in [7, 11) is -3.40. The lowest BCUT2D eigenvalue weighted by Gasteiger charge is -2.25. The molecule has 0 spiro atoms. The van der Waals surface area contributed by atoms with Crippen molar-refractivity contribution in [1.82, 2.24) is 9.21 Å². The van der Waals surface area contributed by atoms with Crippen LogP contribution in [0.15, 0.2) is 16.3 Å². The maximum Gasteiger partial charge on any atom is 0.252 e. The lowest BCUT2D eigenvalue weighted by Crippen LogP contribution is -2.35. The molecule has 2 aliphatic rings. The molecule has 3 rings (SSSR count). The van der Waals surface area contributed by atoms with Crippen molar-refractivity contribution < 1.29 is 13.2 Å². The lowest BCUT2D eigenvalue weighted by atomic mass is 10.2.